The zero-order valence-electron chi connectivity index (χ0n) is 19.2. The summed E-state index contributed by atoms with van der Waals surface area (Å²) < 4.78 is 59.7. The van der Waals surface area contributed by atoms with E-state index >= 15 is 0 Å². The van der Waals surface area contributed by atoms with Crippen LogP contribution in [0.25, 0.3) is 6.08 Å². The first kappa shape index (κ1) is 25.1. The summed E-state index contributed by atoms with van der Waals surface area (Å²) in [5.74, 6) is -0.156. The van der Waals surface area contributed by atoms with Gasteiger partial charge < -0.3 is 14.2 Å². The molecule has 3 heterocycles. The highest BCUT2D eigenvalue weighted by Crippen LogP contribution is 2.38. The van der Waals surface area contributed by atoms with E-state index in [1.807, 2.05) is 0 Å². The Morgan fingerprint density at radius 2 is 1.89 bits per heavy atom. The molecule has 5 rings (SSSR count). The molecule has 1 aromatic heterocycles. The number of nitrogens with zero attached hydrogens (tertiary/aromatic N) is 2. The summed E-state index contributed by atoms with van der Waals surface area (Å²) in [5, 5.41) is 0.340. The molecule has 0 saturated carbocycles. The van der Waals surface area contributed by atoms with Crippen LogP contribution >= 0.6 is 22.9 Å². The van der Waals surface area contributed by atoms with Gasteiger partial charge in [-0.15, -0.1) is 0 Å². The van der Waals surface area contributed by atoms with Crippen LogP contribution in [0.2, 0.25) is 5.02 Å². The fourth-order valence-corrected chi connectivity index (χ4v) is 5.23. The number of hydrogen-bond donors (Lipinski definition) is 0. The van der Waals surface area contributed by atoms with E-state index in [2.05, 4.69) is 4.99 Å². The molecule has 192 valence electrons. The fourth-order valence-electron chi connectivity index (χ4n) is 4.10. The van der Waals surface area contributed by atoms with E-state index in [4.69, 9.17) is 25.8 Å². The summed E-state index contributed by atoms with van der Waals surface area (Å²) in [4.78, 5) is 30.0. The highest BCUT2D eigenvalue weighted by molar-refractivity contribution is 7.07. The lowest BCUT2D eigenvalue weighted by Crippen LogP contribution is -2.41. The van der Waals surface area contributed by atoms with Crippen molar-refractivity contribution < 1.29 is 32.2 Å². The van der Waals surface area contributed by atoms with Crippen molar-refractivity contribution in [2.75, 3.05) is 19.8 Å². The normalized spacial score (nSPS) is 17.3. The molecule has 2 aliphatic heterocycles. The van der Waals surface area contributed by atoms with Gasteiger partial charge in [-0.2, -0.15) is 13.2 Å². The Balaban J connectivity index is 1.75. The minimum absolute atomic E-state index is 0.126. The molecule has 37 heavy (non-hydrogen) atoms. The third-order valence-electron chi connectivity index (χ3n) is 5.64. The molecule has 3 aromatic rings. The predicted octanol–water partition coefficient (Wildman–Crippen LogP) is 3.77. The molecular weight excluding hydrogens is 533 g/mol. The smallest absolute Gasteiger partial charge is 0.434 e. The molecule has 0 N–H and O–H groups in total. The number of aromatic nitrogens is 1. The number of esters is 1. The van der Waals surface area contributed by atoms with Gasteiger partial charge in [-0.3, -0.25) is 9.36 Å². The largest absolute Gasteiger partial charge is 0.486 e. The molecule has 0 saturated heterocycles. The Labute approximate surface area is 216 Å². The maximum Gasteiger partial charge on any atom is 0.434 e. The third kappa shape index (κ3) is 4.76. The van der Waals surface area contributed by atoms with Crippen LogP contribution in [-0.4, -0.2) is 36.5 Å². The number of benzene rings is 2. The van der Waals surface area contributed by atoms with Crippen molar-refractivity contribution >= 4 is 35.0 Å². The Hall–Kier alpha value is -3.57. The first-order valence-corrected chi connectivity index (χ1v) is 12.3. The van der Waals surface area contributed by atoms with Gasteiger partial charge >= 0.3 is 12.1 Å². The third-order valence-corrected chi connectivity index (χ3v) is 6.88. The van der Waals surface area contributed by atoms with Crippen molar-refractivity contribution in [2.45, 2.75) is 19.1 Å². The van der Waals surface area contributed by atoms with Gasteiger partial charge in [-0.1, -0.05) is 41.1 Å². The maximum absolute atomic E-state index is 14.2. The van der Waals surface area contributed by atoms with Crippen LogP contribution < -0.4 is 24.4 Å². The molecule has 0 amide bonds. The van der Waals surface area contributed by atoms with Crippen LogP contribution in [0.4, 0.5) is 13.2 Å². The van der Waals surface area contributed by atoms with Crippen LogP contribution in [0, 0.1) is 0 Å². The highest BCUT2D eigenvalue weighted by atomic mass is 35.5. The van der Waals surface area contributed by atoms with Crippen LogP contribution in [-0.2, 0) is 9.53 Å². The fraction of sp³-hybridized carbons (Fsp3) is 0.240. The van der Waals surface area contributed by atoms with Crippen molar-refractivity contribution in [3.05, 3.63) is 89.6 Å². The summed E-state index contributed by atoms with van der Waals surface area (Å²) in [5.41, 5.74) is -1.95. The number of halogens is 4. The van der Waals surface area contributed by atoms with Gasteiger partial charge in [0.1, 0.15) is 13.2 Å². The molecule has 12 heteroatoms. The number of alkyl halides is 3. The van der Waals surface area contributed by atoms with Gasteiger partial charge in [0, 0.05) is 5.02 Å². The lowest BCUT2D eigenvalue weighted by atomic mass is 9.95. The molecule has 2 aliphatic rings. The standard InChI is InChI=1S/C25H18ClF3N2O5S/c1-2-34-23(33)19-20(14-4-6-15(26)7-5-14)31-22(32)18(37-24(31)30-21(19)25(27,28)29)12-13-3-8-16-17(11-13)36-10-9-35-16/h3-8,11-12,20H,2,9-10H2,1H3/b18-12-/t20-/m1/s1. The zero-order valence-corrected chi connectivity index (χ0v) is 20.7. The second-order valence-corrected chi connectivity index (χ2v) is 9.46. The van der Waals surface area contributed by atoms with Gasteiger partial charge in [0.2, 0.25) is 0 Å². The number of carbonyl (C=O) groups is 1. The molecule has 1 atom stereocenters. The van der Waals surface area contributed by atoms with Crippen molar-refractivity contribution in [1.82, 2.24) is 4.57 Å². The number of ether oxygens (including phenoxy) is 3. The van der Waals surface area contributed by atoms with E-state index in [1.165, 1.54) is 37.3 Å². The molecule has 7 nitrogen and oxygen atoms in total. The molecule has 0 aliphatic carbocycles. The van der Waals surface area contributed by atoms with E-state index in [1.54, 1.807) is 18.2 Å². The first-order chi connectivity index (χ1) is 17.7. The van der Waals surface area contributed by atoms with Gasteiger partial charge in [-0.25, -0.2) is 9.79 Å². The summed E-state index contributed by atoms with van der Waals surface area (Å²) >= 11 is 6.77. The molecule has 0 fully saturated rings. The number of fused-ring (bicyclic) bond motifs is 2. The van der Waals surface area contributed by atoms with E-state index in [0.29, 0.717) is 35.3 Å². The van der Waals surface area contributed by atoms with Crippen LogP contribution in [0.5, 0.6) is 11.5 Å². The molecule has 0 spiro atoms. The van der Waals surface area contributed by atoms with Crippen molar-refractivity contribution in [3.8, 4) is 11.5 Å². The van der Waals surface area contributed by atoms with Crippen molar-refractivity contribution in [3.63, 3.8) is 0 Å². The van der Waals surface area contributed by atoms with Crippen molar-refractivity contribution in [1.29, 1.82) is 0 Å². The van der Waals surface area contributed by atoms with E-state index < -0.39 is 35.0 Å². The predicted molar refractivity (Wildman–Crippen MR) is 130 cm³/mol. The number of rotatable bonds is 4. The Bertz CT molecular complexity index is 1590. The summed E-state index contributed by atoms with van der Waals surface area (Å²) in [6.07, 6.45) is -3.44. The van der Waals surface area contributed by atoms with E-state index in [0.717, 1.165) is 15.9 Å². The number of hydrogen-bond acceptors (Lipinski definition) is 7. The minimum Gasteiger partial charge on any atom is -0.486 e. The summed E-state index contributed by atoms with van der Waals surface area (Å²) in [6, 6.07) is 9.51. The number of carbonyl (C=O) groups excluding carboxylic acids is 1. The van der Waals surface area contributed by atoms with Crippen LogP contribution in [0.3, 0.4) is 0 Å². The second-order valence-electron chi connectivity index (χ2n) is 8.02. The second kappa shape index (κ2) is 9.71. The SMILES string of the molecule is CCOC(=O)C1=C(C(F)(F)F)N=c2s/c(=C\c3ccc4c(c3)OCCO4)c(=O)n2[C@@H]1c1ccc(Cl)cc1. The monoisotopic (exact) mass is 550 g/mol. The Morgan fingerprint density at radius 1 is 1.19 bits per heavy atom. The van der Waals surface area contributed by atoms with E-state index in [9.17, 15) is 22.8 Å². The summed E-state index contributed by atoms with van der Waals surface area (Å²) in [7, 11) is 0. The topological polar surface area (TPSA) is 79.1 Å². The van der Waals surface area contributed by atoms with Crippen LogP contribution in [0.1, 0.15) is 24.1 Å². The number of thiazole rings is 1. The number of allylic oxidation sites excluding steroid dienone is 1. The lowest BCUT2D eigenvalue weighted by Gasteiger charge is -2.26. The average molecular weight is 551 g/mol. The van der Waals surface area contributed by atoms with Gasteiger partial charge in [-0.05, 0) is 48.4 Å². The quantitative estimate of drug-likeness (QED) is 0.462. The van der Waals surface area contributed by atoms with Gasteiger partial charge in [0.15, 0.2) is 22.0 Å². The Kier molecular flexibility index (Phi) is 6.59. The zero-order chi connectivity index (χ0) is 26.3. The van der Waals surface area contributed by atoms with Gasteiger partial charge in [0.25, 0.3) is 5.56 Å². The van der Waals surface area contributed by atoms with Crippen LogP contribution in [0.15, 0.2) is 63.5 Å². The summed E-state index contributed by atoms with van der Waals surface area (Å²) in [6.45, 7) is 2.11. The van der Waals surface area contributed by atoms with Gasteiger partial charge in [0.05, 0.1) is 22.8 Å². The molecule has 0 unspecified atom stereocenters. The first-order valence-electron chi connectivity index (χ1n) is 11.1. The maximum atomic E-state index is 14.2. The molecular formula is C25H18ClF3N2O5S. The van der Waals surface area contributed by atoms with Crippen molar-refractivity contribution in [2.24, 2.45) is 4.99 Å². The molecule has 0 bridgehead atoms. The molecule has 0 radical (unpaired) electrons. The molecule has 2 aromatic carbocycles. The highest BCUT2D eigenvalue weighted by Gasteiger charge is 2.45. The Morgan fingerprint density at radius 3 is 2.57 bits per heavy atom. The minimum atomic E-state index is -4.97. The van der Waals surface area contributed by atoms with E-state index in [-0.39, 0.29) is 21.5 Å². The lowest BCUT2D eigenvalue weighted by molar-refractivity contribution is -0.140. The average Bonchev–Trinajstić information content (AvgIpc) is 3.18.